The SMILES string of the molecule is CC(C)c1cnn(C)c1.CC(C)c1cnn(C2CCNCC2)c1.CC(C)c1cnn(C2CCNCC2)c1. The highest BCUT2D eigenvalue weighted by Crippen LogP contribution is 2.21. The normalized spacial score (nSPS) is 17.0. The molecule has 0 unspecified atom stereocenters. The van der Waals surface area contributed by atoms with Gasteiger partial charge in [0.05, 0.1) is 30.7 Å². The average molecular weight is 511 g/mol. The molecule has 8 heteroatoms. The van der Waals surface area contributed by atoms with Crippen LogP contribution in [0.25, 0.3) is 0 Å². The molecule has 0 atom stereocenters. The number of hydrogen-bond donors (Lipinski definition) is 2. The number of hydrogen-bond acceptors (Lipinski definition) is 5. The van der Waals surface area contributed by atoms with Gasteiger partial charge in [-0.15, -0.1) is 0 Å². The number of rotatable bonds is 5. The lowest BCUT2D eigenvalue weighted by atomic mass is 10.1. The van der Waals surface area contributed by atoms with Gasteiger partial charge >= 0.3 is 0 Å². The van der Waals surface area contributed by atoms with Crippen LogP contribution in [-0.2, 0) is 7.05 Å². The lowest BCUT2D eigenvalue weighted by Crippen LogP contribution is -2.29. The third-order valence-corrected chi connectivity index (χ3v) is 7.33. The molecule has 2 saturated heterocycles. The molecule has 3 aromatic rings. The molecule has 0 bridgehead atoms. The second-order valence-electron chi connectivity index (χ2n) is 11.4. The summed E-state index contributed by atoms with van der Waals surface area (Å²) in [7, 11) is 1.94. The monoisotopic (exact) mass is 510 g/mol. The molecule has 0 aliphatic carbocycles. The Kier molecular flexibility index (Phi) is 11.4. The maximum absolute atomic E-state index is 4.45. The van der Waals surface area contributed by atoms with E-state index in [9.17, 15) is 0 Å². The molecule has 2 aliphatic heterocycles. The Bertz CT molecular complexity index is 956. The summed E-state index contributed by atoms with van der Waals surface area (Å²) in [6.45, 7) is 17.7. The molecule has 3 aromatic heterocycles. The molecule has 5 rings (SSSR count). The van der Waals surface area contributed by atoms with E-state index in [1.165, 1.54) is 42.4 Å². The molecule has 8 nitrogen and oxygen atoms in total. The van der Waals surface area contributed by atoms with Crippen LogP contribution in [0, 0.1) is 0 Å². The van der Waals surface area contributed by atoms with Gasteiger partial charge in [0, 0.05) is 25.6 Å². The van der Waals surface area contributed by atoms with Gasteiger partial charge in [-0.25, -0.2) is 0 Å². The van der Waals surface area contributed by atoms with Crippen molar-refractivity contribution in [1.29, 1.82) is 0 Å². The fraction of sp³-hybridized carbons (Fsp3) is 0.690. The van der Waals surface area contributed by atoms with Gasteiger partial charge in [-0.2, -0.15) is 15.3 Å². The largest absolute Gasteiger partial charge is 0.317 e. The number of nitrogens with zero attached hydrogens (tertiary/aromatic N) is 6. The topological polar surface area (TPSA) is 77.5 Å². The standard InChI is InChI=1S/2C11H19N3.C7H12N2/c2*1-9(2)10-7-13-14(8-10)11-3-5-12-6-4-11;1-6(2)7-4-8-9(3)5-7/h2*7-9,11-12H,3-6H2,1-2H3;4-6H,1-3H3. The molecule has 0 radical (unpaired) electrons. The van der Waals surface area contributed by atoms with Crippen LogP contribution in [0.2, 0.25) is 0 Å². The molecule has 0 saturated carbocycles. The zero-order valence-corrected chi connectivity index (χ0v) is 24.2. The van der Waals surface area contributed by atoms with Crippen molar-refractivity contribution < 1.29 is 0 Å². The Hall–Kier alpha value is -2.45. The fourth-order valence-electron chi connectivity index (χ4n) is 4.58. The van der Waals surface area contributed by atoms with E-state index >= 15 is 0 Å². The van der Waals surface area contributed by atoms with Crippen LogP contribution in [-0.4, -0.2) is 55.5 Å². The van der Waals surface area contributed by atoms with Crippen molar-refractivity contribution in [2.75, 3.05) is 26.2 Å². The van der Waals surface area contributed by atoms with E-state index in [4.69, 9.17) is 0 Å². The predicted molar refractivity (Wildman–Crippen MR) is 152 cm³/mol. The highest BCUT2D eigenvalue weighted by molar-refractivity contribution is 5.10. The van der Waals surface area contributed by atoms with E-state index < -0.39 is 0 Å². The molecule has 206 valence electrons. The van der Waals surface area contributed by atoms with Gasteiger partial charge < -0.3 is 10.6 Å². The summed E-state index contributed by atoms with van der Waals surface area (Å²) >= 11 is 0. The van der Waals surface area contributed by atoms with Crippen LogP contribution in [0.1, 0.15) is 114 Å². The summed E-state index contributed by atoms with van der Waals surface area (Å²) in [5, 5.41) is 19.7. The van der Waals surface area contributed by atoms with E-state index in [-0.39, 0.29) is 0 Å². The van der Waals surface area contributed by atoms with Crippen LogP contribution in [0.5, 0.6) is 0 Å². The third kappa shape index (κ3) is 9.11. The van der Waals surface area contributed by atoms with Gasteiger partial charge in [-0.3, -0.25) is 14.0 Å². The van der Waals surface area contributed by atoms with Crippen LogP contribution >= 0.6 is 0 Å². The van der Waals surface area contributed by atoms with Crippen LogP contribution < -0.4 is 10.6 Å². The molecular formula is C29H50N8. The lowest BCUT2D eigenvalue weighted by molar-refractivity contribution is 0.343. The van der Waals surface area contributed by atoms with Gasteiger partial charge in [0.1, 0.15) is 0 Å². The molecule has 37 heavy (non-hydrogen) atoms. The minimum absolute atomic E-state index is 0.588. The summed E-state index contributed by atoms with van der Waals surface area (Å²) in [6.07, 6.45) is 17.2. The lowest BCUT2D eigenvalue weighted by Gasteiger charge is -2.22. The van der Waals surface area contributed by atoms with Crippen LogP contribution in [0.3, 0.4) is 0 Å². The van der Waals surface area contributed by atoms with Crippen molar-refractivity contribution in [2.45, 2.75) is 97.1 Å². The summed E-state index contributed by atoms with van der Waals surface area (Å²) in [4.78, 5) is 0. The first-order chi connectivity index (χ1) is 17.7. The zero-order valence-electron chi connectivity index (χ0n) is 24.2. The molecule has 0 spiro atoms. The van der Waals surface area contributed by atoms with E-state index in [1.54, 1.807) is 0 Å². The maximum atomic E-state index is 4.45. The minimum Gasteiger partial charge on any atom is -0.317 e. The first kappa shape index (κ1) is 29.1. The number of aryl methyl sites for hydroxylation is 1. The number of nitrogens with one attached hydrogen (secondary N) is 2. The Morgan fingerprint density at radius 2 is 0.946 bits per heavy atom. The fourth-order valence-corrected chi connectivity index (χ4v) is 4.58. The second kappa shape index (κ2) is 14.5. The minimum atomic E-state index is 0.588. The van der Waals surface area contributed by atoms with Gasteiger partial charge in [0.2, 0.25) is 0 Å². The van der Waals surface area contributed by atoms with Crippen molar-refractivity contribution in [3.05, 3.63) is 53.9 Å². The summed E-state index contributed by atoms with van der Waals surface area (Å²) in [6, 6.07) is 1.23. The average Bonchev–Trinajstić information content (AvgIpc) is 3.67. The molecular weight excluding hydrogens is 460 g/mol. The quantitative estimate of drug-likeness (QED) is 0.480. The molecule has 0 aromatic carbocycles. The molecule has 2 fully saturated rings. The highest BCUT2D eigenvalue weighted by Gasteiger charge is 2.17. The van der Waals surface area contributed by atoms with Crippen LogP contribution in [0.4, 0.5) is 0 Å². The predicted octanol–water partition coefficient (Wildman–Crippen LogP) is 5.41. The Morgan fingerprint density at radius 1 is 0.595 bits per heavy atom. The Labute approximate surface area is 224 Å². The summed E-state index contributed by atoms with van der Waals surface area (Å²) in [5.74, 6) is 1.77. The van der Waals surface area contributed by atoms with E-state index in [0.717, 1.165) is 26.2 Å². The summed E-state index contributed by atoms with van der Waals surface area (Å²) in [5.41, 5.74) is 4.00. The maximum Gasteiger partial charge on any atom is 0.0543 e. The smallest absolute Gasteiger partial charge is 0.0543 e. The van der Waals surface area contributed by atoms with E-state index in [0.29, 0.717) is 29.8 Å². The van der Waals surface area contributed by atoms with Gasteiger partial charge in [-0.05, 0) is 86.3 Å². The molecule has 2 N–H and O–H groups in total. The van der Waals surface area contributed by atoms with Crippen molar-refractivity contribution in [3.63, 3.8) is 0 Å². The van der Waals surface area contributed by atoms with Crippen LogP contribution in [0.15, 0.2) is 37.2 Å². The molecule has 0 amide bonds. The van der Waals surface area contributed by atoms with Crippen molar-refractivity contribution in [3.8, 4) is 0 Å². The van der Waals surface area contributed by atoms with Crippen molar-refractivity contribution in [2.24, 2.45) is 7.05 Å². The first-order valence-corrected chi connectivity index (χ1v) is 14.2. The summed E-state index contributed by atoms with van der Waals surface area (Å²) < 4.78 is 6.13. The van der Waals surface area contributed by atoms with Crippen molar-refractivity contribution >= 4 is 0 Å². The van der Waals surface area contributed by atoms with Gasteiger partial charge in [-0.1, -0.05) is 41.5 Å². The number of aromatic nitrogens is 6. The molecule has 5 heterocycles. The first-order valence-electron chi connectivity index (χ1n) is 14.2. The van der Waals surface area contributed by atoms with Crippen molar-refractivity contribution in [1.82, 2.24) is 40.0 Å². The highest BCUT2D eigenvalue weighted by atomic mass is 15.3. The Morgan fingerprint density at radius 3 is 1.22 bits per heavy atom. The van der Waals surface area contributed by atoms with E-state index in [1.807, 2.05) is 36.5 Å². The second-order valence-corrected chi connectivity index (χ2v) is 11.4. The van der Waals surface area contributed by atoms with E-state index in [2.05, 4.69) is 89.2 Å². The Balaban J connectivity index is 0.000000159. The third-order valence-electron chi connectivity index (χ3n) is 7.33. The van der Waals surface area contributed by atoms with Gasteiger partial charge in [0.15, 0.2) is 0 Å². The molecule has 2 aliphatic rings. The zero-order chi connectivity index (χ0) is 26.8. The van der Waals surface area contributed by atoms with Gasteiger partial charge in [0.25, 0.3) is 0 Å². The number of piperidine rings is 2.